The van der Waals surface area contributed by atoms with Gasteiger partial charge in [0.05, 0.1) is 18.7 Å². The molecule has 0 saturated heterocycles. The fourth-order valence-electron chi connectivity index (χ4n) is 4.63. The standard InChI is InChI=1S/C20H23N3O5/c1-26-14-7-11(8-15-18(14)28-10-27-15)13-9-16(24)21-19-17(13)20(25)22-23(19)12-5-3-2-4-6-12/h7-8,12-13H,2-6,9-10H2,1H3,(H,21,24)(H,22,25). The number of aromatic nitrogens is 2. The SMILES string of the molecule is COc1cc(C2CC(=O)Nc3c2c(=O)[nH]n3C2CCCCC2)cc2c1OCO2. The van der Waals surface area contributed by atoms with Crippen LogP contribution in [0.2, 0.25) is 0 Å². The van der Waals surface area contributed by atoms with Gasteiger partial charge in [0.25, 0.3) is 5.56 Å². The van der Waals surface area contributed by atoms with Gasteiger partial charge in [-0.15, -0.1) is 0 Å². The quantitative estimate of drug-likeness (QED) is 0.847. The van der Waals surface area contributed by atoms with E-state index in [-0.39, 0.29) is 36.6 Å². The van der Waals surface area contributed by atoms with Crippen molar-refractivity contribution < 1.29 is 19.0 Å². The number of methoxy groups -OCH3 is 1. The van der Waals surface area contributed by atoms with Crippen molar-refractivity contribution in [2.75, 3.05) is 19.2 Å². The van der Waals surface area contributed by atoms with Gasteiger partial charge < -0.3 is 19.5 Å². The Balaban J connectivity index is 1.61. The lowest BCUT2D eigenvalue weighted by Crippen LogP contribution is -2.27. The van der Waals surface area contributed by atoms with E-state index >= 15 is 0 Å². The zero-order valence-electron chi connectivity index (χ0n) is 15.7. The van der Waals surface area contributed by atoms with Crippen LogP contribution in [0.15, 0.2) is 16.9 Å². The number of ether oxygens (including phenoxy) is 3. The molecule has 0 bridgehead atoms. The zero-order valence-corrected chi connectivity index (χ0v) is 15.7. The van der Waals surface area contributed by atoms with Crippen molar-refractivity contribution in [2.45, 2.75) is 50.5 Å². The van der Waals surface area contributed by atoms with Crippen LogP contribution in [0.3, 0.4) is 0 Å². The Hall–Kier alpha value is -2.90. The molecule has 2 aliphatic heterocycles. The molecule has 8 heteroatoms. The maximum absolute atomic E-state index is 12.9. The number of benzene rings is 1. The topological polar surface area (TPSA) is 94.6 Å². The highest BCUT2D eigenvalue weighted by Crippen LogP contribution is 2.46. The monoisotopic (exact) mass is 385 g/mol. The van der Waals surface area contributed by atoms with Gasteiger partial charge >= 0.3 is 0 Å². The lowest BCUT2D eigenvalue weighted by atomic mass is 9.86. The number of H-pyrrole nitrogens is 1. The van der Waals surface area contributed by atoms with Crippen LogP contribution in [0, 0.1) is 0 Å². The minimum atomic E-state index is -0.360. The van der Waals surface area contributed by atoms with Gasteiger partial charge in [-0.25, -0.2) is 0 Å². The highest BCUT2D eigenvalue weighted by Gasteiger charge is 2.35. The molecule has 1 aliphatic carbocycles. The van der Waals surface area contributed by atoms with E-state index in [4.69, 9.17) is 14.2 Å². The molecule has 1 amide bonds. The number of nitrogens with zero attached hydrogens (tertiary/aromatic N) is 1. The summed E-state index contributed by atoms with van der Waals surface area (Å²) in [6, 6.07) is 3.89. The molecule has 1 unspecified atom stereocenters. The van der Waals surface area contributed by atoms with Gasteiger partial charge in [-0.05, 0) is 30.5 Å². The average Bonchev–Trinajstić information content (AvgIpc) is 3.32. The molecule has 8 nitrogen and oxygen atoms in total. The van der Waals surface area contributed by atoms with Crippen LogP contribution < -0.4 is 25.1 Å². The molecule has 5 rings (SSSR count). The van der Waals surface area contributed by atoms with Crippen molar-refractivity contribution in [3.05, 3.63) is 33.6 Å². The first kappa shape index (κ1) is 17.2. The molecule has 1 atom stereocenters. The van der Waals surface area contributed by atoms with Gasteiger partial charge in [-0.2, -0.15) is 0 Å². The molecule has 1 saturated carbocycles. The van der Waals surface area contributed by atoms with Crippen molar-refractivity contribution in [1.82, 2.24) is 9.78 Å². The van der Waals surface area contributed by atoms with Crippen LogP contribution in [0.5, 0.6) is 17.2 Å². The van der Waals surface area contributed by atoms with Gasteiger partial charge in [0.1, 0.15) is 5.82 Å². The lowest BCUT2D eigenvalue weighted by molar-refractivity contribution is -0.116. The summed E-state index contributed by atoms with van der Waals surface area (Å²) in [6.45, 7) is 0.129. The van der Waals surface area contributed by atoms with Crippen LogP contribution in [-0.2, 0) is 4.79 Å². The smallest absolute Gasteiger partial charge is 0.270 e. The Labute approximate surface area is 161 Å². The summed E-state index contributed by atoms with van der Waals surface area (Å²) >= 11 is 0. The van der Waals surface area contributed by atoms with Crippen LogP contribution in [0.4, 0.5) is 5.82 Å². The Morgan fingerprint density at radius 3 is 2.75 bits per heavy atom. The number of rotatable bonds is 3. The number of fused-ring (bicyclic) bond motifs is 2. The maximum atomic E-state index is 12.9. The number of carbonyl (C=O) groups is 1. The van der Waals surface area contributed by atoms with E-state index in [0.717, 1.165) is 31.2 Å². The van der Waals surface area contributed by atoms with Gasteiger partial charge in [-0.3, -0.25) is 19.4 Å². The molecule has 3 heterocycles. The number of carbonyl (C=O) groups excluding carboxylic acids is 1. The Morgan fingerprint density at radius 1 is 1.14 bits per heavy atom. The van der Waals surface area contributed by atoms with Crippen molar-refractivity contribution in [2.24, 2.45) is 0 Å². The van der Waals surface area contributed by atoms with E-state index in [0.29, 0.717) is 28.6 Å². The normalized spacial score (nSPS) is 21.3. The summed E-state index contributed by atoms with van der Waals surface area (Å²) in [7, 11) is 1.56. The predicted molar refractivity (Wildman–Crippen MR) is 101 cm³/mol. The Morgan fingerprint density at radius 2 is 1.96 bits per heavy atom. The molecule has 3 aliphatic rings. The second-order valence-electron chi connectivity index (χ2n) is 7.63. The fraction of sp³-hybridized carbons (Fsp3) is 0.500. The van der Waals surface area contributed by atoms with Gasteiger partial charge in [0.15, 0.2) is 11.5 Å². The molecule has 28 heavy (non-hydrogen) atoms. The van der Waals surface area contributed by atoms with Gasteiger partial charge in [-0.1, -0.05) is 19.3 Å². The van der Waals surface area contributed by atoms with Crippen molar-refractivity contribution in [3.63, 3.8) is 0 Å². The number of amides is 1. The maximum Gasteiger partial charge on any atom is 0.270 e. The van der Waals surface area contributed by atoms with Crippen LogP contribution in [-0.4, -0.2) is 29.6 Å². The molecule has 0 spiro atoms. The van der Waals surface area contributed by atoms with E-state index in [2.05, 4.69) is 10.4 Å². The van der Waals surface area contributed by atoms with Gasteiger partial charge in [0.2, 0.25) is 18.4 Å². The minimum absolute atomic E-state index is 0.0994. The summed E-state index contributed by atoms with van der Waals surface area (Å²) in [5.74, 6) is 1.82. The van der Waals surface area contributed by atoms with E-state index < -0.39 is 0 Å². The first-order valence-corrected chi connectivity index (χ1v) is 9.77. The fourth-order valence-corrected chi connectivity index (χ4v) is 4.63. The highest BCUT2D eigenvalue weighted by molar-refractivity contribution is 5.94. The van der Waals surface area contributed by atoms with E-state index in [1.807, 2.05) is 16.8 Å². The summed E-state index contributed by atoms with van der Waals surface area (Å²) < 4.78 is 18.3. The first-order chi connectivity index (χ1) is 13.7. The lowest BCUT2D eigenvalue weighted by Gasteiger charge is -2.28. The van der Waals surface area contributed by atoms with Crippen LogP contribution in [0.25, 0.3) is 0 Å². The number of nitrogens with one attached hydrogen (secondary N) is 2. The summed E-state index contributed by atoms with van der Waals surface area (Å²) in [4.78, 5) is 25.4. The Kier molecular flexibility index (Phi) is 4.07. The van der Waals surface area contributed by atoms with Crippen LogP contribution in [0.1, 0.15) is 61.6 Å². The summed E-state index contributed by atoms with van der Waals surface area (Å²) in [5, 5.41) is 5.92. The zero-order chi connectivity index (χ0) is 19.3. The molecule has 1 aromatic heterocycles. The molecule has 1 aromatic carbocycles. The molecule has 2 aromatic rings. The summed E-state index contributed by atoms with van der Waals surface area (Å²) in [5.41, 5.74) is 1.26. The predicted octanol–water partition coefficient (Wildman–Crippen LogP) is 2.89. The third-order valence-electron chi connectivity index (χ3n) is 5.98. The average molecular weight is 385 g/mol. The molecular weight excluding hydrogens is 362 g/mol. The molecular formula is C20H23N3O5. The molecule has 2 N–H and O–H groups in total. The van der Waals surface area contributed by atoms with E-state index in [9.17, 15) is 9.59 Å². The Bertz CT molecular complexity index is 986. The number of anilines is 1. The van der Waals surface area contributed by atoms with E-state index in [1.54, 1.807) is 7.11 Å². The van der Waals surface area contributed by atoms with Crippen molar-refractivity contribution in [1.29, 1.82) is 0 Å². The van der Waals surface area contributed by atoms with Crippen molar-refractivity contribution >= 4 is 11.7 Å². The van der Waals surface area contributed by atoms with E-state index in [1.165, 1.54) is 6.42 Å². The number of hydrogen-bond donors (Lipinski definition) is 2. The number of aromatic amines is 1. The second kappa shape index (κ2) is 6.61. The molecule has 0 radical (unpaired) electrons. The summed E-state index contributed by atoms with van der Waals surface area (Å²) in [6.07, 6.45) is 5.71. The second-order valence-corrected chi connectivity index (χ2v) is 7.63. The third-order valence-corrected chi connectivity index (χ3v) is 5.98. The first-order valence-electron chi connectivity index (χ1n) is 9.77. The van der Waals surface area contributed by atoms with Gasteiger partial charge in [0, 0.05) is 12.3 Å². The third kappa shape index (κ3) is 2.66. The largest absolute Gasteiger partial charge is 0.493 e. The minimum Gasteiger partial charge on any atom is -0.493 e. The molecule has 1 fully saturated rings. The van der Waals surface area contributed by atoms with Crippen molar-refractivity contribution in [3.8, 4) is 17.2 Å². The number of hydrogen-bond acceptors (Lipinski definition) is 5. The molecule has 148 valence electrons. The van der Waals surface area contributed by atoms with Crippen LogP contribution >= 0.6 is 0 Å². The highest BCUT2D eigenvalue weighted by atomic mass is 16.7.